The molecule has 3 aliphatic rings. The van der Waals surface area contributed by atoms with Crippen molar-refractivity contribution >= 4 is 40.3 Å². The number of nitrogens with one attached hydrogen (secondary N) is 2. The highest BCUT2D eigenvalue weighted by molar-refractivity contribution is 7.14. The predicted octanol–water partition coefficient (Wildman–Crippen LogP) is 5.79. The molecule has 226 valence electrons. The zero-order valence-corrected chi connectivity index (χ0v) is 25.3. The van der Waals surface area contributed by atoms with Gasteiger partial charge in [0.25, 0.3) is 17.4 Å². The maximum absolute atomic E-state index is 15.3. The summed E-state index contributed by atoms with van der Waals surface area (Å²) in [5.41, 5.74) is 4.15. The highest BCUT2D eigenvalue weighted by Gasteiger charge is 2.42. The van der Waals surface area contributed by atoms with Crippen molar-refractivity contribution in [2.45, 2.75) is 38.0 Å². The van der Waals surface area contributed by atoms with Gasteiger partial charge in [0.05, 0.1) is 18.9 Å². The van der Waals surface area contributed by atoms with E-state index in [4.69, 9.17) is 4.74 Å². The third kappa shape index (κ3) is 4.99. The fraction of sp³-hybridized carbons (Fsp3) is 0.333. The summed E-state index contributed by atoms with van der Waals surface area (Å²) >= 11 is 1.29. The van der Waals surface area contributed by atoms with Crippen LogP contribution in [0.1, 0.15) is 67.1 Å². The molecule has 2 unspecified atom stereocenters. The molecule has 1 saturated heterocycles. The van der Waals surface area contributed by atoms with Crippen LogP contribution in [0.25, 0.3) is 11.3 Å². The number of ether oxygens (including phenoxy) is 1. The minimum atomic E-state index is -0.451. The Morgan fingerprint density at radius 2 is 1.82 bits per heavy atom. The summed E-state index contributed by atoms with van der Waals surface area (Å²) in [5.74, 6) is -0.125. The molecule has 2 aromatic heterocycles. The van der Waals surface area contributed by atoms with Gasteiger partial charge in [-0.3, -0.25) is 14.4 Å². The summed E-state index contributed by atoms with van der Waals surface area (Å²) in [6.07, 6.45) is 4.72. The van der Waals surface area contributed by atoms with Gasteiger partial charge >= 0.3 is 0 Å². The van der Waals surface area contributed by atoms with E-state index in [9.17, 15) is 14.4 Å². The molecule has 11 heteroatoms. The number of aromatic nitrogens is 2. The maximum atomic E-state index is 15.3. The Morgan fingerprint density at radius 3 is 2.57 bits per heavy atom. The van der Waals surface area contributed by atoms with E-state index in [1.165, 1.54) is 15.9 Å². The number of aryl methyl sites for hydroxylation is 1. The number of thiophene rings is 1. The van der Waals surface area contributed by atoms with Crippen LogP contribution in [0, 0.1) is 12.7 Å². The number of fused-ring (bicyclic) bond motifs is 5. The van der Waals surface area contributed by atoms with Crippen LogP contribution < -0.4 is 16.2 Å². The number of morpholine rings is 1. The topological polar surface area (TPSA) is 106 Å². The zero-order chi connectivity index (χ0) is 30.5. The van der Waals surface area contributed by atoms with Gasteiger partial charge in [-0.05, 0) is 73.9 Å². The Labute approximate surface area is 257 Å². The van der Waals surface area contributed by atoms with Crippen molar-refractivity contribution in [3.8, 4) is 11.3 Å². The van der Waals surface area contributed by atoms with Crippen molar-refractivity contribution in [3.63, 3.8) is 0 Å². The number of hydrogen-bond acceptors (Lipinski definition) is 7. The van der Waals surface area contributed by atoms with E-state index in [2.05, 4.69) is 15.6 Å². The largest absolute Gasteiger partial charge is 0.378 e. The highest BCUT2D eigenvalue weighted by atomic mass is 32.1. The number of halogens is 1. The Hall–Kier alpha value is -4.35. The van der Waals surface area contributed by atoms with Crippen molar-refractivity contribution in [2.75, 3.05) is 36.9 Å². The number of amides is 2. The average molecular weight is 614 g/mol. The van der Waals surface area contributed by atoms with Crippen LogP contribution in [0.4, 0.5) is 21.6 Å². The summed E-state index contributed by atoms with van der Waals surface area (Å²) in [5, 5.41) is 6.01. The second-order valence-corrected chi connectivity index (χ2v) is 12.7. The van der Waals surface area contributed by atoms with Crippen LogP contribution in [-0.4, -0.2) is 52.6 Å². The minimum Gasteiger partial charge on any atom is -0.378 e. The third-order valence-corrected chi connectivity index (χ3v) is 10.3. The van der Waals surface area contributed by atoms with Gasteiger partial charge in [0.2, 0.25) is 0 Å². The minimum absolute atomic E-state index is 0.0589. The Bertz CT molecular complexity index is 1840. The SMILES string of the molecule is Cc1c(NC(=O)c2sc3c(c2F)C2CCC3C2)cccc1-c1cn(C)c(=O)c(Nc2ccc(C(=O)N3CCOCC3)cc2)n1. The Balaban J connectivity index is 1.12. The average Bonchev–Trinajstić information content (AvgIpc) is 3.75. The van der Waals surface area contributed by atoms with E-state index in [-0.39, 0.29) is 33.9 Å². The summed E-state index contributed by atoms with van der Waals surface area (Å²) in [6, 6.07) is 12.4. The summed E-state index contributed by atoms with van der Waals surface area (Å²) in [4.78, 5) is 46.6. The van der Waals surface area contributed by atoms with E-state index >= 15 is 4.39 Å². The normalized spacial score (nSPS) is 18.8. The lowest BCUT2D eigenvalue weighted by Gasteiger charge is -2.26. The van der Waals surface area contributed by atoms with Crippen molar-refractivity contribution < 1.29 is 18.7 Å². The molecule has 2 aliphatic carbocycles. The molecule has 0 radical (unpaired) electrons. The number of hydrogen-bond donors (Lipinski definition) is 2. The molecule has 0 spiro atoms. The monoisotopic (exact) mass is 613 g/mol. The lowest BCUT2D eigenvalue weighted by atomic mass is 9.98. The number of carbonyl (C=O) groups is 2. The molecule has 3 heterocycles. The van der Waals surface area contributed by atoms with Gasteiger partial charge in [-0.2, -0.15) is 0 Å². The van der Waals surface area contributed by atoms with Crippen molar-refractivity contribution in [1.29, 1.82) is 0 Å². The van der Waals surface area contributed by atoms with Crippen LogP contribution in [0.2, 0.25) is 0 Å². The van der Waals surface area contributed by atoms with Crippen molar-refractivity contribution in [1.82, 2.24) is 14.5 Å². The number of carbonyl (C=O) groups excluding carboxylic acids is 2. The van der Waals surface area contributed by atoms with Gasteiger partial charge in [-0.25, -0.2) is 9.37 Å². The molecule has 2 fully saturated rings. The van der Waals surface area contributed by atoms with Gasteiger partial charge in [-0.15, -0.1) is 11.3 Å². The van der Waals surface area contributed by atoms with Crippen LogP contribution in [0.3, 0.4) is 0 Å². The fourth-order valence-electron chi connectivity index (χ4n) is 6.58. The Kier molecular flexibility index (Phi) is 7.30. The van der Waals surface area contributed by atoms with Crippen LogP contribution in [0.5, 0.6) is 0 Å². The highest BCUT2D eigenvalue weighted by Crippen LogP contribution is 2.57. The van der Waals surface area contributed by atoms with Crippen LogP contribution in [0.15, 0.2) is 53.5 Å². The van der Waals surface area contributed by atoms with Gasteiger partial charge in [0.15, 0.2) is 11.6 Å². The van der Waals surface area contributed by atoms with E-state index in [1.807, 2.05) is 13.0 Å². The molecule has 7 rings (SSSR count). The van der Waals surface area contributed by atoms with E-state index in [0.29, 0.717) is 54.9 Å². The van der Waals surface area contributed by atoms with Gasteiger partial charge < -0.3 is 24.8 Å². The second-order valence-electron chi connectivity index (χ2n) is 11.7. The summed E-state index contributed by atoms with van der Waals surface area (Å²) < 4.78 is 22.1. The first-order valence-electron chi connectivity index (χ1n) is 14.8. The predicted molar refractivity (Wildman–Crippen MR) is 168 cm³/mol. The zero-order valence-electron chi connectivity index (χ0n) is 24.5. The lowest BCUT2D eigenvalue weighted by molar-refractivity contribution is 0.0303. The fourth-order valence-corrected chi connectivity index (χ4v) is 7.89. The van der Waals surface area contributed by atoms with E-state index in [1.54, 1.807) is 54.5 Å². The van der Waals surface area contributed by atoms with Crippen LogP contribution in [-0.2, 0) is 11.8 Å². The standard InChI is InChI=1S/C33H32FN5O4S/c1-18-23(4-3-5-24(18)37-31(40)29-27(34)26-20-6-7-21(16-20)28(26)44-29)25-17-38(2)33(42)30(36-25)35-22-10-8-19(9-11-22)32(41)39-12-14-43-15-13-39/h3-5,8-11,17,20-21H,6-7,12-16H2,1-2H3,(H,35,36)(H,37,40). The molecule has 2 aromatic carbocycles. The summed E-state index contributed by atoms with van der Waals surface area (Å²) in [6.45, 7) is 4.04. The molecule has 1 aliphatic heterocycles. The molecule has 9 nitrogen and oxygen atoms in total. The lowest BCUT2D eigenvalue weighted by Crippen LogP contribution is -2.40. The van der Waals surface area contributed by atoms with E-state index in [0.717, 1.165) is 40.8 Å². The maximum Gasteiger partial charge on any atom is 0.293 e. The molecule has 4 aromatic rings. The number of benzene rings is 2. The molecule has 2 amide bonds. The number of rotatable bonds is 6. The number of anilines is 3. The van der Waals surface area contributed by atoms with E-state index < -0.39 is 5.91 Å². The third-order valence-electron chi connectivity index (χ3n) is 8.95. The molecule has 2 atom stereocenters. The molecule has 1 saturated carbocycles. The van der Waals surface area contributed by atoms with Gasteiger partial charge in [-0.1, -0.05) is 12.1 Å². The molecular formula is C33H32FN5O4S. The van der Waals surface area contributed by atoms with Gasteiger partial charge in [0, 0.05) is 59.3 Å². The smallest absolute Gasteiger partial charge is 0.293 e. The number of nitrogens with zero attached hydrogens (tertiary/aromatic N) is 3. The summed E-state index contributed by atoms with van der Waals surface area (Å²) in [7, 11) is 1.65. The van der Waals surface area contributed by atoms with Crippen molar-refractivity contribution in [3.05, 3.63) is 91.3 Å². The molecule has 2 N–H and O–H groups in total. The van der Waals surface area contributed by atoms with Gasteiger partial charge in [0.1, 0.15) is 4.88 Å². The second kappa shape index (κ2) is 11.3. The quantitative estimate of drug-likeness (QED) is 0.285. The first kappa shape index (κ1) is 28.4. The molecule has 44 heavy (non-hydrogen) atoms. The molecule has 2 bridgehead atoms. The molecular weight excluding hydrogens is 581 g/mol. The van der Waals surface area contributed by atoms with Crippen LogP contribution >= 0.6 is 11.3 Å². The first-order valence-corrected chi connectivity index (χ1v) is 15.7. The first-order chi connectivity index (χ1) is 21.3. The Morgan fingerprint density at radius 1 is 1.07 bits per heavy atom. The van der Waals surface area contributed by atoms with Crippen molar-refractivity contribution in [2.24, 2.45) is 7.05 Å².